The van der Waals surface area contributed by atoms with Crippen molar-refractivity contribution in [3.63, 3.8) is 0 Å². The minimum Gasteiger partial charge on any atom is -0.347 e. The summed E-state index contributed by atoms with van der Waals surface area (Å²) in [7, 11) is 2.07. The second-order valence-corrected chi connectivity index (χ2v) is 7.95. The number of pyridine rings is 2. The minimum atomic E-state index is -4.44. The lowest BCUT2D eigenvalue weighted by Gasteiger charge is -2.12. The van der Waals surface area contributed by atoms with Crippen molar-refractivity contribution in [1.82, 2.24) is 14.1 Å². The third kappa shape index (κ3) is 3.34. The van der Waals surface area contributed by atoms with Crippen molar-refractivity contribution in [2.45, 2.75) is 31.9 Å². The molecule has 3 aromatic heterocycles. The fourth-order valence-electron chi connectivity index (χ4n) is 4.48. The maximum atomic E-state index is 12.8. The number of nitrogens with zero attached hydrogens (tertiary/aromatic N) is 3. The second kappa shape index (κ2) is 7.11. The maximum Gasteiger partial charge on any atom is 0.417 e. The smallest absolute Gasteiger partial charge is 0.347 e. The van der Waals surface area contributed by atoms with Gasteiger partial charge >= 0.3 is 6.18 Å². The van der Waals surface area contributed by atoms with Gasteiger partial charge in [-0.1, -0.05) is 6.07 Å². The third-order valence-electron chi connectivity index (χ3n) is 6.10. The summed E-state index contributed by atoms with van der Waals surface area (Å²) in [4.78, 5) is 16.7. The topological polar surface area (TPSA) is 39.8 Å². The summed E-state index contributed by atoms with van der Waals surface area (Å²) in [5, 5.41) is 1.24. The van der Waals surface area contributed by atoms with Gasteiger partial charge in [0.2, 0.25) is 0 Å². The van der Waals surface area contributed by atoms with Gasteiger partial charge in [-0.25, -0.2) is 0 Å². The van der Waals surface area contributed by atoms with E-state index < -0.39 is 11.7 Å². The quantitative estimate of drug-likeness (QED) is 0.440. The van der Waals surface area contributed by atoms with Gasteiger partial charge in [0, 0.05) is 42.2 Å². The molecule has 7 heteroatoms. The summed E-state index contributed by atoms with van der Waals surface area (Å²) in [5.74, 6) is 0. The van der Waals surface area contributed by atoms with Crippen LogP contribution in [0, 0.1) is 0 Å². The molecule has 4 nitrogen and oxygen atoms in total. The van der Waals surface area contributed by atoms with Crippen molar-refractivity contribution in [3.05, 3.63) is 82.0 Å². The Hall–Kier alpha value is -3.35. The van der Waals surface area contributed by atoms with Crippen LogP contribution in [0.1, 0.15) is 29.7 Å². The first-order valence-corrected chi connectivity index (χ1v) is 10.2. The standard InChI is InChI=1S/C24H20F3N3O/c1-29-21-5-3-2-4-18(21)19-8-7-17(13-22(19)29)30-11-10-15(12-23(30)31)20-9-6-16(14-28-20)24(25,26)27/h6-14H,2-5H2,1H3. The molecule has 0 atom stereocenters. The van der Waals surface area contributed by atoms with Crippen LogP contribution in [0.15, 0.2) is 59.7 Å². The molecule has 0 aliphatic heterocycles. The Morgan fingerprint density at radius 2 is 1.81 bits per heavy atom. The fraction of sp³-hybridized carbons (Fsp3) is 0.250. The van der Waals surface area contributed by atoms with Gasteiger partial charge in [0.05, 0.1) is 22.5 Å². The molecule has 0 radical (unpaired) electrons. The number of aryl methyl sites for hydroxylation is 2. The maximum absolute atomic E-state index is 12.8. The van der Waals surface area contributed by atoms with E-state index in [1.54, 1.807) is 16.8 Å². The third-order valence-corrected chi connectivity index (χ3v) is 6.10. The Bertz CT molecular complexity index is 1350. The molecule has 0 unspecified atom stereocenters. The highest BCUT2D eigenvalue weighted by molar-refractivity contribution is 5.87. The summed E-state index contributed by atoms with van der Waals surface area (Å²) < 4.78 is 42.0. The van der Waals surface area contributed by atoms with Crippen LogP contribution < -0.4 is 5.56 Å². The first-order chi connectivity index (χ1) is 14.8. The highest BCUT2D eigenvalue weighted by atomic mass is 19.4. The van der Waals surface area contributed by atoms with E-state index in [1.165, 1.54) is 41.6 Å². The molecule has 1 aliphatic rings. The van der Waals surface area contributed by atoms with Crippen molar-refractivity contribution in [3.8, 4) is 16.9 Å². The van der Waals surface area contributed by atoms with Crippen molar-refractivity contribution in [2.24, 2.45) is 7.05 Å². The summed E-state index contributed by atoms with van der Waals surface area (Å²) in [6.07, 6.45) is 2.54. The van der Waals surface area contributed by atoms with Crippen LogP contribution >= 0.6 is 0 Å². The number of rotatable bonds is 2. The van der Waals surface area contributed by atoms with Gasteiger partial charge in [0.25, 0.3) is 5.56 Å². The summed E-state index contributed by atoms with van der Waals surface area (Å²) in [6.45, 7) is 0. The second-order valence-electron chi connectivity index (χ2n) is 7.95. The lowest BCUT2D eigenvalue weighted by Crippen LogP contribution is -2.16. The molecule has 158 valence electrons. The van der Waals surface area contributed by atoms with Crippen LogP contribution in [0.25, 0.3) is 27.8 Å². The molecule has 31 heavy (non-hydrogen) atoms. The van der Waals surface area contributed by atoms with Crippen LogP contribution in [-0.2, 0) is 26.1 Å². The Kier molecular flexibility index (Phi) is 4.50. The first-order valence-electron chi connectivity index (χ1n) is 10.2. The molecule has 4 aromatic rings. The Morgan fingerprint density at radius 3 is 2.52 bits per heavy atom. The largest absolute Gasteiger partial charge is 0.417 e. The van der Waals surface area contributed by atoms with E-state index in [0.29, 0.717) is 11.3 Å². The van der Waals surface area contributed by atoms with Crippen LogP contribution in [-0.4, -0.2) is 14.1 Å². The predicted molar refractivity (Wildman–Crippen MR) is 113 cm³/mol. The van der Waals surface area contributed by atoms with Crippen molar-refractivity contribution >= 4 is 10.9 Å². The monoisotopic (exact) mass is 423 g/mol. The highest BCUT2D eigenvalue weighted by Gasteiger charge is 2.30. The fourth-order valence-corrected chi connectivity index (χ4v) is 4.48. The van der Waals surface area contributed by atoms with Crippen LogP contribution in [0.4, 0.5) is 13.2 Å². The van der Waals surface area contributed by atoms with E-state index in [-0.39, 0.29) is 5.56 Å². The molecule has 3 heterocycles. The number of hydrogen-bond acceptors (Lipinski definition) is 2. The van der Waals surface area contributed by atoms with Crippen LogP contribution in [0.5, 0.6) is 0 Å². The summed E-state index contributed by atoms with van der Waals surface area (Å²) in [6, 6.07) is 11.4. The van der Waals surface area contributed by atoms with E-state index in [4.69, 9.17) is 0 Å². The lowest BCUT2D eigenvalue weighted by atomic mass is 9.95. The number of alkyl halides is 3. The van der Waals surface area contributed by atoms with Gasteiger partial charge in [-0.05, 0) is 61.6 Å². The SMILES string of the molecule is Cn1c2c(c3ccc(-n4ccc(-c5ccc(C(F)(F)F)cn5)cc4=O)cc31)CCCC2. The zero-order chi connectivity index (χ0) is 21.8. The Labute approximate surface area is 176 Å². The lowest BCUT2D eigenvalue weighted by molar-refractivity contribution is -0.137. The van der Waals surface area contributed by atoms with E-state index in [1.807, 2.05) is 12.1 Å². The molecular formula is C24H20F3N3O. The van der Waals surface area contributed by atoms with E-state index in [9.17, 15) is 18.0 Å². The molecule has 5 rings (SSSR count). The normalized spacial score (nSPS) is 14.1. The van der Waals surface area contributed by atoms with E-state index in [2.05, 4.69) is 22.7 Å². The average molecular weight is 423 g/mol. The van der Waals surface area contributed by atoms with Gasteiger partial charge < -0.3 is 4.57 Å². The zero-order valence-electron chi connectivity index (χ0n) is 16.9. The van der Waals surface area contributed by atoms with Gasteiger partial charge in [0.1, 0.15) is 0 Å². The number of hydrogen-bond donors (Lipinski definition) is 0. The molecule has 0 amide bonds. The van der Waals surface area contributed by atoms with E-state index in [0.717, 1.165) is 36.3 Å². The summed E-state index contributed by atoms with van der Waals surface area (Å²) in [5.41, 5.74) is 4.35. The van der Waals surface area contributed by atoms with E-state index >= 15 is 0 Å². The van der Waals surface area contributed by atoms with Crippen molar-refractivity contribution < 1.29 is 13.2 Å². The minimum absolute atomic E-state index is 0.266. The van der Waals surface area contributed by atoms with Gasteiger partial charge in [0.15, 0.2) is 0 Å². The van der Waals surface area contributed by atoms with Crippen molar-refractivity contribution in [2.75, 3.05) is 0 Å². The molecule has 1 aliphatic carbocycles. The van der Waals surface area contributed by atoms with Crippen LogP contribution in [0.3, 0.4) is 0 Å². The molecule has 1 aromatic carbocycles. The van der Waals surface area contributed by atoms with Gasteiger partial charge in [-0.2, -0.15) is 13.2 Å². The highest BCUT2D eigenvalue weighted by Crippen LogP contribution is 2.33. The number of benzene rings is 1. The number of halogens is 3. The average Bonchev–Trinajstić information content (AvgIpc) is 3.05. The first kappa shape index (κ1) is 19.6. The van der Waals surface area contributed by atoms with Crippen LogP contribution in [0.2, 0.25) is 0 Å². The predicted octanol–water partition coefficient (Wildman–Crippen LogP) is 5.29. The van der Waals surface area contributed by atoms with Gasteiger partial charge in [-0.3, -0.25) is 14.3 Å². The molecule has 0 fully saturated rings. The van der Waals surface area contributed by atoms with Crippen molar-refractivity contribution in [1.29, 1.82) is 0 Å². The molecule has 0 bridgehead atoms. The molecule has 0 N–H and O–H groups in total. The van der Waals surface area contributed by atoms with Gasteiger partial charge in [-0.15, -0.1) is 0 Å². The molecular weight excluding hydrogens is 403 g/mol. The molecule has 0 saturated carbocycles. The number of fused-ring (bicyclic) bond motifs is 3. The summed E-state index contributed by atoms with van der Waals surface area (Å²) >= 11 is 0. The number of aromatic nitrogens is 3. The zero-order valence-corrected chi connectivity index (χ0v) is 16.9. The molecule has 0 spiro atoms. The Morgan fingerprint density at radius 1 is 1.00 bits per heavy atom. The molecule has 0 saturated heterocycles. The Balaban J connectivity index is 1.52.